The van der Waals surface area contributed by atoms with Crippen molar-refractivity contribution in [3.63, 3.8) is 0 Å². The number of halogens is 1. The number of aromatic nitrogens is 3. The molecule has 2 aromatic carbocycles. The van der Waals surface area contributed by atoms with E-state index in [9.17, 15) is 4.79 Å². The van der Waals surface area contributed by atoms with Crippen molar-refractivity contribution in [2.75, 3.05) is 24.4 Å². The Kier molecular flexibility index (Phi) is 5.29. The Balaban J connectivity index is 1.65. The molecule has 0 fully saturated rings. The zero-order valence-electron chi connectivity index (χ0n) is 16.8. The van der Waals surface area contributed by atoms with Gasteiger partial charge in [-0.3, -0.25) is 9.20 Å². The number of nitrogens with zero attached hydrogens (tertiary/aromatic N) is 4. The Morgan fingerprint density at radius 1 is 1.17 bits per heavy atom. The van der Waals surface area contributed by atoms with Crippen LogP contribution in [0.4, 0.5) is 17.2 Å². The summed E-state index contributed by atoms with van der Waals surface area (Å²) in [6.45, 7) is 1.53. The molecule has 0 aliphatic carbocycles. The zero-order chi connectivity index (χ0) is 21.3. The Labute approximate surface area is 178 Å². The number of benzene rings is 2. The normalized spacial score (nSPS) is 10.8. The number of ether oxygens (including phenoxy) is 1. The van der Waals surface area contributed by atoms with Gasteiger partial charge in [-0.2, -0.15) is 0 Å². The van der Waals surface area contributed by atoms with Gasteiger partial charge in [-0.1, -0.05) is 11.6 Å². The minimum absolute atomic E-state index is 0.0225. The van der Waals surface area contributed by atoms with E-state index in [2.05, 4.69) is 15.3 Å². The number of rotatable bonds is 5. The Bertz CT molecular complexity index is 1220. The van der Waals surface area contributed by atoms with Crippen LogP contribution in [0.1, 0.15) is 6.92 Å². The predicted molar refractivity (Wildman–Crippen MR) is 119 cm³/mol. The van der Waals surface area contributed by atoms with Gasteiger partial charge in [0.2, 0.25) is 5.91 Å². The average molecular weight is 422 g/mol. The maximum Gasteiger partial charge on any atom is 0.223 e. The number of anilines is 3. The van der Waals surface area contributed by atoms with E-state index in [1.807, 2.05) is 53.1 Å². The molecule has 2 aromatic heterocycles. The molecular weight excluding hydrogens is 402 g/mol. The number of carbonyl (C=O) groups excluding carboxylic acids is 1. The number of hydrogen-bond donors (Lipinski definition) is 1. The maximum atomic E-state index is 11.5. The molecule has 30 heavy (non-hydrogen) atoms. The van der Waals surface area contributed by atoms with Crippen molar-refractivity contribution in [1.29, 1.82) is 0 Å². The second-order valence-electron chi connectivity index (χ2n) is 6.71. The lowest BCUT2D eigenvalue weighted by molar-refractivity contribution is -0.116. The molecule has 0 bridgehead atoms. The molecule has 152 valence electrons. The van der Waals surface area contributed by atoms with Gasteiger partial charge in [0.25, 0.3) is 0 Å². The third kappa shape index (κ3) is 3.67. The SMILES string of the molecule is COc1ccc(-c2cnc3c(Nc4ccc(N(C)C(C)=O)cc4)nccn23)cc1Cl. The van der Waals surface area contributed by atoms with Crippen LogP contribution >= 0.6 is 11.6 Å². The summed E-state index contributed by atoms with van der Waals surface area (Å²) in [4.78, 5) is 22.1. The van der Waals surface area contributed by atoms with Gasteiger partial charge in [0.05, 0.1) is 24.0 Å². The number of hydrogen-bond acceptors (Lipinski definition) is 5. The lowest BCUT2D eigenvalue weighted by atomic mass is 10.1. The summed E-state index contributed by atoms with van der Waals surface area (Å²) in [5.74, 6) is 1.22. The summed E-state index contributed by atoms with van der Waals surface area (Å²) in [6, 6.07) is 13.2. The van der Waals surface area contributed by atoms with Crippen LogP contribution in [0.25, 0.3) is 16.9 Å². The zero-order valence-corrected chi connectivity index (χ0v) is 17.5. The topological polar surface area (TPSA) is 71.8 Å². The molecule has 0 atom stereocenters. The Morgan fingerprint density at radius 3 is 2.60 bits per heavy atom. The van der Waals surface area contributed by atoms with E-state index in [1.54, 1.807) is 31.5 Å². The first-order valence-corrected chi connectivity index (χ1v) is 9.63. The van der Waals surface area contributed by atoms with Gasteiger partial charge in [-0.15, -0.1) is 0 Å². The quantitative estimate of drug-likeness (QED) is 0.502. The van der Waals surface area contributed by atoms with Gasteiger partial charge in [0.1, 0.15) is 5.75 Å². The van der Waals surface area contributed by atoms with Crippen LogP contribution in [-0.4, -0.2) is 34.4 Å². The van der Waals surface area contributed by atoms with Crippen molar-refractivity contribution in [2.24, 2.45) is 0 Å². The van der Waals surface area contributed by atoms with E-state index < -0.39 is 0 Å². The lowest BCUT2D eigenvalue weighted by Crippen LogP contribution is -2.22. The van der Waals surface area contributed by atoms with Crippen molar-refractivity contribution in [1.82, 2.24) is 14.4 Å². The van der Waals surface area contributed by atoms with Gasteiger partial charge in [0, 0.05) is 43.3 Å². The molecular formula is C22H20ClN5O2. The number of nitrogens with one attached hydrogen (secondary N) is 1. The maximum absolute atomic E-state index is 11.5. The molecule has 1 N–H and O–H groups in total. The highest BCUT2D eigenvalue weighted by Gasteiger charge is 2.13. The van der Waals surface area contributed by atoms with Crippen molar-refractivity contribution < 1.29 is 9.53 Å². The number of amides is 1. The summed E-state index contributed by atoms with van der Waals surface area (Å²) in [7, 11) is 3.33. The molecule has 0 radical (unpaired) electrons. The molecule has 2 heterocycles. The van der Waals surface area contributed by atoms with E-state index in [-0.39, 0.29) is 5.91 Å². The third-order valence-electron chi connectivity index (χ3n) is 4.87. The van der Waals surface area contributed by atoms with E-state index >= 15 is 0 Å². The van der Waals surface area contributed by atoms with Gasteiger partial charge >= 0.3 is 0 Å². The highest BCUT2D eigenvalue weighted by molar-refractivity contribution is 6.32. The Hall–Kier alpha value is -3.58. The average Bonchev–Trinajstić information content (AvgIpc) is 3.19. The molecule has 0 saturated heterocycles. The molecule has 0 saturated carbocycles. The van der Waals surface area contributed by atoms with E-state index in [4.69, 9.17) is 16.3 Å². The van der Waals surface area contributed by atoms with Crippen LogP contribution in [0.5, 0.6) is 5.75 Å². The lowest BCUT2D eigenvalue weighted by Gasteiger charge is -2.15. The minimum Gasteiger partial charge on any atom is -0.495 e. The summed E-state index contributed by atoms with van der Waals surface area (Å²) in [5, 5.41) is 3.83. The van der Waals surface area contributed by atoms with E-state index in [1.165, 1.54) is 6.92 Å². The number of methoxy groups -OCH3 is 1. The monoisotopic (exact) mass is 421 g/mol. The van der Waals surface area contributed by atoms with Crippen molar-refractivity contribution in [3.8, 4) is 17.0 Å². The fourth-order valence-corrected chi connectivity index (χ4v) is 3.39. The van der Waals surface area contributed by atoms with Crippen molar-refractivity contribution in [2.45, 2.75) is 6.92 Å². The number of imidazole rings is 1. The third-order valence-corrected chi connectivity index (χ3v) is 5.16. The first kappa shape index (κ1) is 19.7. The number of carbonyl (C=O) groups is 1. The first-order valence-electron chi connectivity index (χ1n) is 9.25. The van der Waals surface area contributed by atoms with Gasteiger partial charge in [0.15, 0.2) is 11.5 Å². The van der Waals surface area contributed by atoms with Crippen LogP contribution in [0.3, 0.4) is 0 Å². The highest BCUT2D eigenvalue weighted by atomic mass is 35.5. The first-order chi connectivity index (χ1) is 14.5. The van der Waals surface area contributed by atoms with Gasteiger partial charge in [-0.25, -0.2) is 9.97 Å². The molecule has 8 heteroatoms. The minimum atomic E-state index is -0.0225. The molecule has 0 aliphatic heterocycles. The van der Waals surface area contributed by atoms with Crippen LogP contribution in [-0.2, 0) is 4.79 Å². The van der Waals surface area contributed by atoms with Crippen LogP contribution in [0.2, 0.25) is 5.02 Å². The van der Waals surface area contributed by atoms with E-state index in [0.29, 0.717) is 22.2 Å². The van der Waals surface area contributed by atoms with Gasteiger partial charge in [-0.05, 0) is 42.5 Å². The van der Waals surface area contributed by atoms with Crippen molar-refractivity contribution >= 4 is 40.3 Å². The number of fused-ring (bicyclic) bond motifs is 1. The standard InChI is InChI=1S/C22H20ClN5O2/c1-14(29)27(2)17-7-5-16(6-8-17)26-21-22-25-13-19(28(22)11-10-24-21)15-4-9-20(30-3)18(23)12-15/h4-13H,1-3H3,(H,24,26). The second kappa shape index (κ2) is 8.04. The molecule has 0 aliphatic rings. The molecule has 0 unspecified atom stereocenters. The van der Waals surface area contributed by atoms with Crippen molar-refractivity contribution in [3.05, 3.63) is 66.1 Å². The molecule has 1 amide bonds. The summed E-state index contributed by atoms with van der Waals surface area (Å²) in [5.41, 5.74) is 4.15. The molecule has 0 spiro atoms. The second-order valence-corrected chi connectivity index (χ2v) is 7.12. The van der Waals surface area contributed by atoms with Gasteiger partial charge < -0.3 is 15.0 Å². The van der Waals surface area contributed by atoms with Crippen LogP contribution in [0.15, 0.2) is 61.1 Å². The summed E-state index contributed by atoms with van der Waals surface area (Å²) < 4.78 is 7.18. The summed E-state index contributed by atoms with van der Waals surface area (Å²) in [6.07, 6.45) is 5.35. The van der Waals surface area contributed by atoms with E-state index in [0.717, 1.165) is 22.6 Å². The van der Waals surface area contributed by atoms with Crippen LogP contribution < -0.4 is 15.0 Å². The Morgan fingerprint density at radius 2 is 1.93 bits per heavy atom. The fourth-order valence-electron chi connectivity index (χ4n) is 3.13. The molecule has 7 nitrogen and oxygen atoms in total. The molecule has 4 rings (SSSR count). The van der Waals surface area contributed by atoms with Crippen LogP contribution in [0, 0.1) is 0 Å². The summed E-state index contributed by atoms with van der Waals surface area (Å²) >= 11 is 6.29. The predicted octanol–water partition coefficient (Wildman–Crippen LogP) is 4.78. The highest BCUT2D eigenvalue weighted by Crippen LogP contribution is 2.31. The molecule has 4 aromatic rings. The fraction of sp³-hybridized carbons (Fsp3) is 0.136. The smallest absolute Gasteiger partial charge is 0.223 e. The largest absolute Gasteiger partial charge is 0.495 e.